The summed E-state index contributed by atoms with van der Waals surface area (Å²) in [6, 6.07) is 8.50. The summed E-state index contributed by atoms with van der Waals surface area (Å²) < 4.78 is 18.2. The number of benzene rings is 1. The van der Waals surface area contributed by atoms with E-state index in [0.717, 1.165) is 11.5 Å². The van der Waals surface area contributed by atoms with Crippen LogP contribution in [0.3, 0.4) is 0 Å². The molecule has 0 unspecified atom stereocenters. The fraction of sp³-hybridized carbons (Fsp3) is 0.286. The van der Waals surface area contributed by atoms with Gasteiger partial charge in [-0.15, -0.1) is 5.10 Å². The van der Waals surface area contributed by atoms with Gasteiger partial charge in [-0.25, -0.2) is 4.39 Å². The van der Waals surface area contributed by atoms with Crippen LogP contribution < -0.4 is 5.32 Å². The predicted octanol–water partition coefficient (Wildman–Crippen LogP) is 3.37. The van der Waals surface area contributed by atoms with Gasteiger partial charge in [-0.2, -0.15) is 0 Å². The molecule has 2 amide bonds. The van der Waals surface area contributed by atoms with Crippen LogP contribution in [0.4, 0.5) is 4.39 Å². The monoisotopic (exact) mass is 427 g/mol. The van der Waals surface area contributed by atoms with E-state index in [-0.39, 0.29) is 17.8 Å². The minimum atomic E-state index is -1.04. The molecule has 3 rings (SSSR count). The molecule has 9 heteroatoms. The van der Waals surface area contributed by atoms with E-state index in [1.807, 2.05) is 20.8 Å². The molecule has 0 aliphatic heterocycles. The predicted molar refractivity (Wildman–Crippen MR) is 111 cm³/mol. The lowest BCUT2D eigenvalue weighted by atomic mass is 10.0. The molecule has 2 aromatic heterocycles. The van der Waals surface area contributed by atoms with Crippen molar-refractivity contribution in [3.8, 4) is 0 Å². The Morgan fingerprint density at radius 2 is 1.97 bits per heavy atom. The summed E-state index contributed by atoms with van der Waals surface area (Å²) in [6.07, 6.45) is 3.10. The van der Waals surface area contributed by atoms with Crippen LogP contribution in [0.15, 0.2) is 54.2 Å². The van der Waals surface area contributed by atoms with Crippen LogP contribution in [-0.4, -0.2) is 36.8 Å². The molecule has 1 aromatic carbocycles. The van der Waals surface area contributed by atoms with Crippen LogP contribution in [0.2, 0.25) is 0 Å². The summed E-state index contributed by atoms with van der Waals surface area (Å²) in [5.41, 5.74) is 0.347. The Morgan fingerprint density at radius 3 is 2.57 bits per heavy atom. The highest BCUT2D eigenvalue weighted by Crippen LogP contribution is 2.26. The van der Waals surface area contributed by atoms with E-state index in [0.29, 0.717) is 5.56 Å². The highest BCUT2D eigenvalue weighted by atomic mass is 32.1. The van der Waals surface area contributed by atoms with Crippen molar-refractivity contribution in [3.05, 3.63) is 76.8 Å². The second kappa shape index (κ2) is 9.08. The zero-order valence-electron chi connectivity index (χ0n) is 16.9. The van der Waals surface area contributed by atoms with Crippen LogP contribution in [0.25, 0.3) is 0 Å². The SMILES string of the molecule is CC(C)(C)NC(=O)[C@@H](c1cccnc1)N(Cc1ccccc1F)C(=O)c1csnn1. The molecule has 0 aliphatic carbocycles. The van der Waals surface area contributed by atoms with Gasteiger partial charge >= 0.3 is 0 Å². The van der Waals surface area contributed by atoms with Crippen molar-refractivity contribution in [1.29, 1.82) is 0 Å². The molecule has 1 atom stereocenters. The van der Waals surface area contributed by atoms with Crippen molar-refractivity contribution in [2.45, 2.75) is 38.9 Å². The number of nitrogens with one attached hydrogen (secondary N) is 1. The second-order valence-electron chi connectivity index (χ2n) is 7.74. The van der Waals surface area contributed by atoms with Crippen molar-refractivity contribution in [2.75, 3.05) is 0 Å². The van der Waals surface area contributed by atoms with Gasteiger partial charge in [0.2, 0.25) is 5.91 Å². The molecule has 2 heterocycles. The average Bonchev–Trinajstić information content (AvgIpc) is 3.23. The van der Waals surface area contributed by atoms with Gasteiger partial charge in [0.1, 0.15) is 11.9 Å². The number of hydrogen-bond acceptors (Lipinski definition) is 6. The first-order valence-electron chi connectivity index (χ1n) is 9.29. The Kier molecular flexibility index (Phi) is 6.51. The number of amides is 2. The van der Waals surface area contributed by atoms with Crippen LogP contribution >= 0.6 is 11.5 Å². The quantitative estimate of drug-likeness (QED) is 0.652. The molecule has 156 valence electrons. The van der Waals surface area contributed by atoms with Crippen molar-refractivity contribution >= 4 is 23.3 Å². The lowest BCUT2D eigenvalue weighted by molar-refractivity contribution is -0.127. The molecular formula is C21H22FN5O2S. The van der Waals surface area contributed by atoms with Gasteiger partial charge in [0, 0.05) is 34.4 Å². The van der Waals surface area contributed by atoms with Crippen molar-refractivity contribution in [3.63, 3.8) is 0 Å². The lowest BCUT2D eigenvalue weighted by Crippen LogP contribution is -2.49. The molecule has 0 saturated carbocycles. The Bertz CT molecular complexity index is 1010. The zero-order valence-corrected chi connectivity index (χ0v) is 17.7. The molecule has 30 heavy (non-hydrogen) atoms. The van der Waals surface area contributed by atoms with Gasteiger partial charge in [-0.05, 0) is 44.4 Å². The number of pyridine rings is 1. The number of hydrogen-bond donors (Lipinski definition) is 1. The first-order valence-corrected chi connectivity index (χ1v) is 10.1. The topological polar surface area (TPSA) is 88.1 Å². The molecule has 3 aromatic rings. The fourth-order valence-electron chi connectivity index (χ4n) is 2.94. The summed E-state index contributed by atoms with van der Waals surface area (Å²) >= 11 is 1.03. The first kappa shape index (κ1) is 21.5. The molecule has 7 nitrogen and oxygen atoms in total. The molecule has 0 spiro atoms. The van der Waals surface area contributed by atoms with E-state index in [1.54, 1.807) is 36.5 Å². The molecule has 0 fully saturated rings. The Balaban J connectivity index is 2.09. The summed E-state index contributed by atoms with van der Waals surface area (Å²) in [5.74, 6) is -1.39. The van der Waals surface area contributed by atoms with Crippen molar-refractivity contribution in [2.24, 2.45) is 0 Å². The first-order chi connectivity index (χ1) is 14.3. The van der Waals surface area contributed by atoms with Crippen LogP contribution in [-0.2, 0) is 11.3 Å². The largest absolute Gasteiger partial charge is 0.349 e. The van der Waals surface area contributed by atoms with Crippen LogP contribution in [0.1, 0.15) is 48.4 Å². The third-order valence-corrected chi connectivity index (χ3v) is 4.70. The minimum absolute atomic E-state index is 0.0915. The highest BCUT2D eigenvalue weighted by molar-refractivity contribution is 7.03. The van der Waals surface area contributed by atoms with E-state index in [2.05, 4.69) is 19.9 Å². The number of carbonyl (C=O) groups excluding carboxylic acids is 2. The maximum Gasteiger partial charge on any atom is 0.276 e. The highest BCUT2D eigenvalue weighted by Gasteiger charge is 2.35. The minimum Gasteiger partial charge on any atom is -0.349 e. The number of carbonyl (C=O) groups is 2. The summed E-state index contributed by atoms with van der Waals surface area (Å²) in [6.45, 7) is 5.41. The summed E-state index contributed by atoms with van der Waals surface area (Å²) in [5, 5.41) is 8.26. The lowest BCUT2D eigenvalue weighted by Gasteiger charge is -2.33. The normalized spacial score (nSPS) is 12.3. The van der Waals surface area contributed by atoms with Gasteiger partial charge in [-0.3, -0.25) is 14.6 Å². The molecule has 0 radical (unpaired) electrons. The number of nitrogens with zero attached hydrogens (tertiary/aromatic N) is 4. The second-order valence-corrected chi connectivity index (χ2v) is 8.35. The van der Waals surface area contributed by atoms with Gasteiger partial charge in [0.05, 0.1) is 6.54 Å². The summed E-state index contributed by atoms with van der Waals surface area (Å²) in [7, 11) is 0. The Morgan fingerprint density at radius 1 is 1.20 bits per heavy atom. The maximum atomic E-state index is 14.4. The van der Waals surface area contributed by atoms with Crippen LogP contribution in [0.5, 0.6) is 0 Å². The van der Waals surface area contributed by atoms with Gasteiger partial charge in [-0.1, -0.05) is 28.8 Å². The smallest absolute Gasteiger partial charge is 0.276 e. The Hall–Kier alpha value is -3.20. The number of halogens is 1. The summed E-state index contributed by atoms with van der Waals surface area (Å²) in [4.78, 5) is 32.0. The Labute approximate surface area is 178 Å². The molecule has 0 saturated heterocycles. The van der Waals surface area contributed by atoms with Gasteiger partial charge < -0.3 is 10.2 Å². The van der Waals surface area contributed by atoms with Crippen molar-refractivity contribution < 1.29 is 14.0 Å². The standard InChI is InChI=1S/C21H22FN5O2S/c1-21(2,3)24-19(28)18(14-8-6-10-23-11-14)27(20(29)17-13-30-26-25-17)12-15-7-4-5-9-16(15)22/h4-11,13,18H,12H2,1-3H3,(H,24,28)/t18-/m1/s1. The van der Waals surface area contributed by atoms with E-state index in [4.69, 9.17) is 0 Å². The fourth-order valence-corrected chi connectivity index (χ4v) is 3.37. The van der Waals surface area contributed by atoms with E-state index < -0.39 is 29.2 Å². The van der Waals surface area contributed by atoms with Gasteiger partial charge in [0.25, 0.3) is 5.91 Å². The average molecular weight is 428 g/mol. The number of rotatable bonds is 6. The van der Waals surface area contributed by atoms with Crippen LogP contribution in [0, 0.1) is 5.82 Å². The molecule has 0 bridgehead atoms. The molecule has 0 aliphatic rings. The zero-order chi connectivity index (χ0) is 21.7. The number of aromatic nitrogens is 3. The molecular weight excluding hydrogens is 405 g/mol. The van der Waals surface area contributed by atoms with E-state index in [9.17, 15) is 14.0 Å². The van der Waals surface area contributed by atoms with E-state index >= 15 is 0 Å². The maximum absolute atomic E-state index is 14.4. The van der Waals surface area contributed by atoms with E-state index in [1.165, 1.54) is 22.5 Å². The third kappa shape index (κ3) is 5.24. The van der Waals surface area contributed by atoms with Crippen molar-refractivity contribution in [1.82, 2.24) is 24.8 Å². The molecule has 1 N–H and O–H groups in total. The van der Waals surface area contributed by atoms with Gasteiger partial charge in [0.15, 0.2) is 5.69 Å². The third-order valence-electron chi connectivity index (χ3n) is 4.20.